The first kappa shape index (κ1) is 15.1. The van der Waals surface area contributed by atoms with Gasteiger partial charge in [0.25, 0.3) is 0 Å². The van der Waals surface area contributed by atoms with Gasteiger partial charge in [-0.15, -0.1) is 10.2 Å². The molecule has 0 fully saturated rings. The minimum Gasteiger partial charge on any atom is -0.309 e. The zero-order valence-corrected chi connectivity index (χ0v) is 14.1. The molecule has 2 aromatic heterocycles. The van der Waals surface area contributed by atoms with E-state index < -0.39 is 0 Å². The van der Waals surface area contributed by atoms with Gasteiger partial charge in [0.2, 0.25) is 0 Å². The van der Waals surface area contributed by atoms with Crippen LogP contribution >= 0.6 is 0 Å². The minimum atomic E-state index is 0.426. The third-order valence-electron chi connectivity index (χ3n) is 4.68. The average Bonchev–Trinajstić information content (AvgIpc) is 3.16. The van der Waals surface area contributed by atoms with Crippen molar-refractivity contribution in [1.29, 1.82) is 0 Å². The normalized spacial score (nSPS) is 17.0. The maximum Gasteiger partial charge on any atom is 0.164 e. The van der Waals surface area contributed by atoms with Crippen LogP contribution in [0.25, 0.3) is 11.4 Å². The molecular formula is C18H22N6. The molecule has 0 radical (unpaired) electrons. The van der Waals surface area contributed by atoms with Crippen molar-refractivity contribution in [3.63, 3.8) is 0 Å². The monoisotopic (exact) mass is 322 g/mol. The molecule has 0 unspecified atom stereocenters. The van der Waals surface area contributed by atoms with Crippen LogP contribution in [0, 0.1) is 6.92 Å². The molecule has 24 heavy (non-hydrogen) atoms. The Morgan fingerprint density at radius 2 is 2.04 bits per heavy atom. The van der Waals surface area contributed by atoms with Gasteiger partial charge in [0.1, 0.15) is 5.82 Å². The highest BCUT2D eigenvalue weighted by atomic mass is 15.3. The van der Waals surface area contributed by atoms with Gasteiger partial charge >= 0.3 is 0 Å². The second-order valence-electron chi connectivity index (χ2n) is 6.45. The van der Waals surface area contributed by atoms with Gasteiger partial charge in [-0.2, -0.15) is 5.10 Å². The molecule has 0 saturated heterocycles. The Labute approximate surface area is 141 Å². The molecular weight excluding hydrogens is 300 g/mol. The van der Waals surface area contributed by atoms with Crippen molar-refractivity contribution in [1.82, 2.24) is 29.9 Å². The zero-order valence-electron chi connectivity index (χ0n) is 14.1. The van der Waals surface area contributed by atoms with Crippen LogP contribution in [0.4, 0.5) is 0 Å². The summed E-state index contributed by atoms with van der Waals surface area (Å²) in [5, 5.41) is 16.9. The molecule has 1 N–H and O–H groups in total. The highest BCUT2D eigenvalue weighted by molar-refractivity contribution is 5.55. The fraction of sp³-hybridized carbons (Fsp3) is 0.389. The van der Waals surface area contributed by atoms with E-state index in [1.165, 1.54) is 5.56 Å². The third-order valence-corrected chi connectivity index (χ3v) is 4.68. The van der Waals surface area contributed by atoms with Gasteiger partial charge in [0, 0.05) is 49.9 Å². The molecule has 1 aromatic carbocycles. The predicted molar refractivity (Wildman–Crippen MR) is 92.4 cm³/mol. The van der Waals surface area contributed by atoms with Crippen molar-refractivity contribution < 1.29 is 0 Å². The number of nitrogens with one attached hydrogen (secondary N) is 1. The van der Waals surface area contributed by atoms with Gasteiger partial charge in [0.15, 0.2) is 5.82 Å². The van der Waals surface area contributed by atoms with Crippen molar-refractivity contribution in [2.75, 3.05) is 0 Å². The van der Waals surface area contributed by atoms with Crippen LogP contribution in [0.1, 0.15) is 23.5 Å². The molecule has 3 heterocycles. The van der Waals surface area contributed by atoms with E-state index in [-0.39, 0.29) is 0 Å². The Morgan fingerprint density at radius 1 is 1.21 bits per heavy atom. The van der Waals surface area contributed by atoms with Crippen molar-refractivity contribution in [3.8, 4) is 11.4 Å². The summed E-state index contributed by atoms with van der Waals surface area (Å²) in [6.45, 7) is 3.82. The van der Waals surface area contributed by atoms with Crippen molar-refractivity contribution >= 4 is 0 Å². The van der Waals surface area contributed by atoms with Crippen molar-refractivity contribution in [2.45, 2.75) is 38.9 Å². The summed E-state index contributed by atoms with van der Waals surface area (Å²) < 4.78 is 4.13. The number of fused-ring (bicyclic) bond motifs is 1. The minimum absolute atomic E-state index is 0.426. The first-order valence-corrected chi connectivity index (χ1v) is 8.40. The molecule has 1 atom stereocenters. The Morgan fingerprint density at radius 3 is 2.79 bits per heavy atom. The first-order chi connectivity index (χ1) is 11.7. The maximum absolute atomic E-state index is 4.41. The van der Waals surface area contributed by atoms with E-state index in [4.69, 9.17) is 0 Å². The van der Waals surface area contributed by atoms with Gasteiger partial charge in [-0.1, -0.05) is 30.3 Å². The molecule has 0 amide bonds. The van der Waals surface area contributed by atoms with E-state index in [0.717, 1.165) is 48.8 Å². The number of nitrogens with zero attached hydrogens (tertiary/aromatic N) is 5. The van der Waals surface area contributed by atoms with Crippen LogP contribution in [-0.2, 0) is 26.6 Å². The highest BCUT2D eigenvalue weighted by Crippen LogP contribution is 2.23. The number of hydrogen-bond donors (Lipinski definition) is 1. The fourth-order valence-electron chi connectivity index (χ4n) is 3.37. The molecule has 6 nitrogen and oxygen atoms in total. The van der Waals surface area contributed by atoms with E-state index in [1.54, 1.807) is 0 Å². The van der Waals surface area contributed by atoms with E-state index >= 15 is 0 Å². The molecule has 1 aliphatic heterocycles. The van der Waals surface area contributed by atoms with Gasteiger partial charge < -0.3 is 9.88 Å². The lowest BCUT2D eigenvalue weighted by molar-refractivity contribution is 0.380. The molecule has 0 bridgehead atoms. The lowest BCUT2D eigenvalue weighted by Gasteiger charge is -2.25. The van der Waals surface area contributed by atoms with E-state index in [9.17, 15) is 0 Å². The Hall–Kier alpha value is -2.47. The van der Waals surface area contributed by atoms with Crippen LogP contribution in [-0.4, -0.2) is 30.6 Å². The predicted octanol–water partition coefficient (Wildman–Crippen LogP) is 2.09. The Kier molecular flexibility index (Phi) is 3.90. The molecule has 0 spiro atoms. The van der Waals surface area contributed by atoms with Crippen molar-refractivity contribution in [3.05, 3.63) is 53.6 Å². The summed E-state index contributed by atoms with van der Waals surface area (Å²) in [6.07, 6.45) is 4.14. The van der Waals surface area contributed by atoms with Gasteiger partial charge in [-0.25, -0.2) is 0 Å². The summed E-state index contributed by atoms with van der Waals surface area (Å²) >= 11 is 0. The lowest BCUT2D eigenvalue weighted by Crippen LogP contribution is -2.37. The number of hydrogen-bond acceptors (Lipinski definition) is 4. The summed E-state index contributed by atoms with van der Waals surface area (Å²) in [5.41, 5.74) is 3.48. The van der Waals surface area contributed by atoms with Crippen LogP contribution in [0.3, 0.4) is 0 Å². The molecule has 1 aliphatic rings. The summed E-state index contributed by atoms with van der Waals surface area (Å²) in [6, 6.07) is 10.7. The summed E-state index contributed by atoms with van der Waals surface area (Å²) in [4.78, 5) is 0. The number of aromatic nitrogens is 5. The smallest absolute Gasteiger partial charge is 0.164 e. The second-order valence-corrected chi connectivity index (χ2v) is 6.45. The fourth-order valence-corrected chi connectivity index (χ4v) is 3.37. The quantitative estimate of drug-likeness (QED) is 0.799. The van der Waals surface area contributed by atoms with Crippen molar-refractivity contribution in [2.24, 2.45) is 7.05 Å². The van der Waals surface area contributed by atoms with Gasteiger partial charge in [-0.3, -0.25) is 4.68 Å². The molecule has 4 rings (SSSR count). The van der Waals surface area contributed by atoms with E-state index in [1.807, 2.05) is 29.9 Å². The largest absolute Gasteiger partial charge is 0.309 e. The average molecular weight is 322 g/mol. The van der Waals surface area contributed by atoms with Crippen LogP contribution in [0.2, 0.25) is 0 Å². The number of rotatable bonds is 4. The molecule has 124 valence electrons. The molecule has 3 aromatic rings. The molecule has 0 saturated carbocycles. The Bertz CT molecular complexity index is 833. The lowest BCUT2D eigenvalue weighted by atomic mass is 10.1. The first-order valence-electron chi connectivity index (χ1n) is 8.40. The maximum atomic E-state index is 4.41. The topological polar surface area (TPSA) is 60.6 Å². The standard InChI is InChI=1S/C18H22N6/c1-13-15(11-23(2)22-13)10-19-16-8-9-17-20-21-18(24(17)12-16)14-6-4-3-5-7-14/h3-7,11,16,19H,8-10,12H2,1-2H3/t16-/m1/s1. The van der Waals surface area contributed by atoms with Gasteiger partial charge in [-0.05, 0) is 13.3 Å². The van der Waals surface area contributed by atoms with Crippen LogP contribution in [0.5, 0.6) is 0 Å². The van der Waals surface area contributed by atoms with Crippen LogP contribution in [0.15, 0.2) is 36.5 Å². The zero-order chi connectivity index (χ0) is 16.5. The third kappa shape index (κ3) is 2.85. The number of aryl methyl sites for hydroxylation is 3. The van der Waals surface area contributed by atoms with E-state index in [0.29, 0.717) is 6.04 Å². The van der Waals surface area contributed by atoms with Crippen LogP contribution < -0.4 is 5.32 Å². The Balaban J connectivity index is 1.49. The summed E-state index contributed by atoms with van der Waals surface area (Å²) in [7, 11) is 1.96. The van der Waals surface area contributed by atoms with E-state index in [2.05, 4.69) is 50.4 Å². The number of benzene rings is 1. The second kappa shape index (κ2) is 6.20. The molecule has 6 heteroatoms. The molecule has 0 aliphatic carbocycles. The van der Waals surface area contributed by atoms with Gasteiger partial charge in [0.05, 0.1) is 5.69 Å². The summed E-state index contributed by atoms with van der Waals surface area (Å²) in [5.74, 6) is 2.05. The highest BCUT2D eigenvalue weighted by Gasteiger charge is 2.23. The SMILES string of the molecule is Cc1nn(C)cc1CN[C@@H]1CCc2nnc(-c3ccccc3)n2C1.